The largest absolute Gasteiger partial charge is 0.457 e. The lowest BCUT2D eigenvalue weighted by molar-refractivity contribution is -0.127. The van der Waals surface area contributed by atoms with Crippen LogP contribution in [0.4, 0.5) is 19.3 Å². The van der Waals surface area contributed by atoms with Crippen LogP contribution in [0.15, 0.2) is 77.7 Å². The molecule has 0 atom stereocenters. The number of para-hydroxylation sites is 1. The van der Waals surface area contributed by atoms with Crippen LogP contribution in [-0.2, 0) is 9.59 Å². The second-order valence-electron chi connectivity index (χ2n) is 6.93. The summed E-state index contributed by atoms with van der Waals surface area (Å²) in [5.74, 6) is -1.99. The summed E-state index contributed by atoms with van der Waals surface area (Å²) in [6, 6.07) is 18.8. The van der Waals surface area contributed by atoms with Crippen molar-refractivity contribution in [1.82, 2.24) is 4.90 Å². The quantitative estimate of drug-likeness (QED) is 0.490. The van der Waals surface area contributed by atoms with E-state index >= 15 is 0 Å². The minimum absolute atomic E-state index is 0.137. The van der Waals surface area contributed by atoms with Gasteiger partial charge in [-0.1, -0.05) is 30.3 Å². The van der Waals surface area contributed by atoms with Gasteiger partial charge >= 0.3 is 0 Å². The Kier molecular flexibility index (Phi) is 6.50. The highest BCUT2D eigenvalue weighted by atomic mass is 32.2. The van der Waals surface area contributed by atoms with Gasteiger partial charge in [-0.3, -0.25) is 19.3 Å². The van der Waals surface area contributed by atoms with Crippen LogP contribution in [-0.4, -0.2) is 28.5 Å². The third kappa shape index (κ3) is 5.45. The van der Waals surface area contributed by atoms with Gasteiger partial charge in [0.2, 0.25) is 5.91 Å². The maximum Gasteiger partial charge on any atom is 0.294 e. The van der Waals surface area contributed by atoms with E-state index in [0.29, 0.717) is 34.9 Å². The number of thioether (sulfide) groups is 1. The summed E-state index contributed by atoms with van der Waals surface area (Å²) in [6.45, 7) is -0.601. The molecule has 1 aliphatic heterocycles. The molecule has 3 aromatic rings. The Morgan fingerprint density at radius 2 is 1.73 bits per heavy atom. The molecule has 9 heteroatoms. The van der Waals surface area contributed by atoms with Crippen LogP contribution in [0.25, 0.3) is 6.08 Å². The Labute approximate surface area is 191 Å². The molecule has 0 bridgehead atoms. The van der Waals surface area contributed by atoms with E-state index in [-0.39, 0.29) is 10.6 Å². The van der Waals surface area contributed by atoms with Crippen LogP contribution in [0.3, 0.4) is 0 Å². The first-order valence-electron chi connectivity index (χ1n) is 9.72. The molecule has 1 aliphatic rings. The number of ether oxygens (including phenoxy) is 1. The van der Waals surface area contributed by atoms with E-state index in [1.807, 2.05) is 18.2 Å². The molecular weight excluding hydrogens is 450 g/mol. The summed E-state index contributed by atoms with van der Waals surface area (Å²) >= 11 is 0.694. The third-order valence-electron chi connectivity index (χ3n) is 4.52. The van der Waals surface area contributed by atoms with Gasteiger partial charge in [0.15, 0.2) is 0 Å². The number of imide groups is 1. The molecule has 0 aromatic heterocycles. The fourth-order valence-corrected chi connectivity index (χ4v) is 3.84. The fourth-order valence-electron chi connectivity index (χ4n) is 3.00. The van der Waals surface area contributed by atoms with Gasteiger partial charge in [-0.15, -0.1) is 0 Å². The molecule has 33 heavy (non-hydrogen) atoms. The number of halogens is 2. The zero-order valence-electron chi connectivity index (χ0n) is 17.0. The normalized spacial score (nSPS) is 14.6. The van der Waals surface area contributed by atoms with Gasteiger partial charge in [0.1, 0.15) is 29.7 Å². The highest BCUT2D eigenvalue weighted by molar-refractivity contribution is 8.18. The summed E-state index contributed by atoms with van der Waals surface area (Å²) in [4.78, 5) is 38.1. The zero-order valence-corrected chi connectivity index (χ0v) is 17.8. The van der Waals surface area contributed by atoms with E-state index in [2.05, 4.69) is 5.32 Å². The van der Waals surface area contributed by atoms with Crippen molar-refractivity contribution in [2.24, 2.45) is 0 Å². The summed E-state index contributed by atoms with van der Waals surface area (Å²) in [7, 11) is 0. The molecule has 0 saturated carbocycles. The van der Waals surface area contributed by atoms with Crippen molar-refractivity contribution in [3.63, 3.8) is 0 Å². The number of amides is 3. The summed E-state index contributed by atoms with van der Waals surface area (Å²) in [6.07, 6.45) is 1.53. The number of hydrogen-bond acceptors (Lipinski definition) is 5. The number of carbonyl (C=O) groups excluding carboxylic acids is 3. The van der Waals surface area contributed by atoms with Crippen molar-refractivity contribution in [3.8, 4) is 11.5 Å². The van der Waals surface area contributed by atoms with E-state index in [9.17, 15) is 23.2 Å². The maximum atomic E-state index is 13.7. The van der Waals surface area contributed by atoms with Gasteiger partial charge in [0.25, 0.3) is 11.1 Å². The number of benzene rings is 3. The van der Waals surface area contributed by atoms with Gasteiger partial charge in [-0.25, -0.2) is 8.78 Å². The van der Waals surface area contributed by atoms with E-state index in [0.717, 1.165) is 17.0 Å². The van der Waals surface area contributed by atoms with Crippen LogP contribution in [0.2, 0.25) is 0 Å². The van der Waals surface area contributed by atoms with E-state index in [4.69, 9.17) is 4.74 Å². The molecule has 1 heterocycles. The highest BCUT2D eigenvalue weighted by Gasteiger charge is 2.36. The predicted molar refractivity (Wildman–Crippen MR) is 121 cm³/mol. The topological polar surface area (TPSA) is 75.7 Å². The molecule has 1 saturated heterocycles. The van der Waals surface area contributed by atoms with Crippen LogP contribution < -0.4 is 10.1 Å². The summed E-state index contributed by atoms with van der Waals surface area (Å²) < 4.78 is 32.5. The monoisotopic (exact) mass is 466 g/mol. The van der Waals surface area contributed by atoms with E-state index in [1.54, 1.807) is 36.4 Å². The van der Waals surface area contributed by atoms with Crippen molar-refractivity contribution >= 4 is 40.6 Å². The lowest BCUT2D eigenvalue weighted by Gasteiger charge is -2.12. The summed E-state index contributed by atoms with van der Waals surface area (Å²) in [5.41, 5.74) is 0.380. The van der Waals surface area contributed by atoms with Crippen molar-refractivity contribution in [2.75, 3.05) is 11.9 Å². The molecule has 0 spiro atoms. The smallest absolute Gasteiger partial charge is 0.294 e. The second-order valence-corrected chi connectivity index (χ2v) is 7.92. The zero-order chi connectivity index (χ0) is 23.4. The molecule has 1 N–H and O–H groups in total. The van der Waals surface area contributed by atoms with Crippen molar-refractivity contribution in [1.29, 1.82) is 0 Å². The molecule has 3 aromatic carbocycles. The van der Waals surface area contributed by atoms with Gasteiger partial charge in [0.05, 0.1) is 10.6 Å². The van der Waals surface area contributed by atoms with Gasteiger partial charge < -0.3 is 10.1 Å². The van der Waals surface area contributed by atoms with Gasteiger partial charge in [-0.05, 0) is 59.8 Å². The Morgan fingerprint density at radius 1 is 0.970 bits per heavy atom. The SMILES string of the molecule is O=C(CN1C(=O)SC(=Cc2cccc(Oc3ccccc3)c2)C1=O)Nc1ccc(F)cc1F. The van der Waals surface area contributed by atoms with Crippen LogP contribution in [0.1, 0.15) is 5.56 Å². The third-order valence-corrected chi connectivity index (χ3v) is 5.42. The first kappa shape index (κ1) is 22.2. The lowest BCUT2D eigenvalue weighted by Crippen LogP contribution is -2.36. The van der Waals surface area contributed by atoms with Gasteiger partial charge in [0, 0.05) is 6.07 Å². The number of rotatable bonds is 6. The number of anilines is 1. The Morgan fingerprint density at radius 3 is 2.48 bits per heavy atom. The molecule has 0 radical (unpaired) electrons. The first-order valence-corrected chi connectivity index (χ1v) is 10.5. The van der Waals surface area contributed by atoms with E-state index < -0.39 is 35.2 Å². The average Bonchev–Trinajstić information content (AvgIpc) is 3.04. The maximum absolute atomic E-state index is 13.7. The minimum Gasteiger partial charge on any atom is -0.457 e. The Bertz CT molecular complexity index is 1260. The van der Waals surface area contributed by atoms with Gasteiger partial charge in [-0.2, -0.15) is 0 Å². The molecule has 0 unspecified atom stereocenters. The van der Waals surface area contributed by atoms with Crippen LogP contribution in [0.5, 0.6) is 11.5 Å². The van der Waals surface area contributed by atoms with Crippen molar-refractivity contribution < 1.29 is 27.9 Å². The van der Waals surface area contributed by atoms with Crippen LogP contribution >= 0.6 is 11.8 Å². The Hall–Kier alpha value is -3.98. The Balaban J connectivity index is 1.44. The molecular formula is C24H16F2N2O4S. The molecule has 3 amide bonds. The second kappa shape index (κ2) is 9.66. The first-order chi connectivity index (χ1) is 15.9. The summed E-state index contributed by atoms with van der Waals surface area (Å²) in [5, 5.41) is 1.60. The number of carbonyl (C=O) groups is 3. The molecule has 0 aliphatic carbocycles. The number of hydrogen-bond donors (Lipinski definition) is 1. The standard InChI is InChI=1S/C24H16F2N2O4S/c25-16-9-10-20(19(26)13-16)27-22(29)14-28-23(30)21(33-24(28)31)12-15-5-4-8-18(11-15)32-17-6-2-1-3-7-17/h1-13H,14H2,(H,27,29). The van der Waals surface area contributed by atoms with Crippen molar-refractivity contribution in [2.45, 2.75) is 0 Å². The molecule has 1 fully saturated rings. The number of nitrogens with zero attached hydrogens (tertiary/aromatic N) is 1. The predicted octanol–water partition coefficient (Wildman–Crippen LogP) is 5.43. The van der Waals surface area contributed by atoms with Crippen LogP contribution in [0, 0.1) is 11.6 Å². The average molecular weight is 466 g/mol. The van der Waals surface area contributed by atoms with Crippen molar-refractivity contribution in [3.05, 3.63) is 94.9 Å². The lowest BCUT2D eigenvalue weighted by atomic mass is 10.2. The number of nitrogens with one attached hydrogen (secondary N) is 1. The highest BCUT2D eigenvalue weighted by Crippen LogP contribution is 2.33. The minimum atomic E-state index is -0.963. The molecule has 4 rings (SSSR count). The molecule has 6 nitrogen and oxygen atoms in total. The molecule has 166 valence electrons. The van der Waals surface area contributed by atoms with E-state index in [1.165, 1.54) is 6.08 Å². The fraction of sp³-hybridized carbons (Fsp3) is 0.0417.